The summed E-state index contributed by atoms with van der Waals surface area (Å²) in [6, 6.07) is 15.5. The molecular weight excluding hydrogens is 387 g/mol. The highest BCUT2D eigenvalue weighted by Crippen LogP contribution is 2.30. The molecule has 8 heteroatoms. The Labute approximate surface area is 164 Å². The zero-order valence-electron chi connectivity index (χ0n) is 15.7. The van der Waals surface area contributed by atoms with Gasteiger partial charge in [0.05, 0.1) is 18.1 Å². The van der Waals surface area contributed by atoms with Gasteiger partial charge >= 0.3 is 0 Å². The summed E-state index contributed by atoms with van der Waals surface area (Å²) in [6.45, 7) is 2.07. The van der Waals surface area contributed by atoms with E-state index in [1.807, 2.05) is 37.3 Å². The summed E-state index contributed by atoms with van der Waals surface area (Å²) in [7, 11) is -2.86. The van der Waals surface area contributed by atoms with Crippen molar-refractivity contribution in [3.8, 4) is 0 Å². The molecule has 0 N–H and O–H groups in total. The molecule has 1 fully saturated rings. The first kappa shape index (κ1) is 20.9. The van der Waals surface area contributed by atoms with Gasteiger partial charge in [-0.05, 0) is 24.6 Å². The average Bonchev–Trinajstić information content (AvgIpc) is 2.98. The van der Waals surface area contributed by atoms with Crippen LogP contribution in [0.15, 0.2) is 59.5 Å². The van der Waals surface area contributed by atoms with Gasteiger partial charge in [0, 0.05) is 7.11 Å². The molecule has 6 nitrogen and oxygen atoms in total. The monoisotopic (exact) mass is 410 g/mol. The Morgan fingerprint density at radius 1 is 1.07 bits per heavy atom. The summed E-state index contributed by atoms with van der Waals surface area (Å²) in [4.78, 5) is -0.0519. The molecular formula is C20H23FO6S. The molecule has 3 rings (SSSR count). The van der Waals surface area contributed by atoms with E-state index in [4.69, 9.17) is 18.4 Å². The Kier molecular flexibility index (Phi) is 6.79. The Hall–Kier alpha value is -1.84. The van der Waals surface area contributed by atoms with Gasteiger partial charge in [-0.15, -0.1) is 0 Å². The molecule has 28 heavy (non-hydrogen) atoms. The highest BCUT2D eigenvalue weighted by molar-refractivity contribution is 7.86. The van der Waals surface area contributed by atoms with Gasteiger partial charge in [-0.25, -0.2) is 4.39 Å². The second-order valence-corrected chi connectivity index (χ2v) is 8.12. The highest BCUT2D eigenvalue weighted by Gasteiger charge is 2.48. The van der Waals surface area contributed by atoms with Crippen LogP contribution in [0.3, 0.4) is 0 Å². The molecule has 1 aliphatic rings. The quantitative estimate of drug-likeness (QED) is 0.623. The van der Waals surface area contributed by atoms with Gasteiger partial charge in [-0.3, -0.25) is 4.18 Å². The molecule has 2 aromatic rings. The lowest BCUT2D eigenvalue weighted by molar-refractivity contribution is -0.152. The topological polar surface area (TPSA) is 71.1 Å². The van der Waals surface area contributed by atoms with Gasteiger partial charge in [0.25, 0.3) is 10.1 Å². The number of hydrogen-bond acceptors (Lipinski definition) is 6. The lowest BCUT2D eigenvalue weighted by Gasteiger charge is -2.18. The predicted octanol–water partition coefficient (Wildman–Crippen LogP) is 3.00. The lowest BCUT2D eigenvalue weighted by atomic mass is 10.2. The minimum absolute atomic E-state index is 0.0519. The first-order chi connectivity index (χ1) is 13.4. The molecule has 0 bridgehead atoms. The van der Waals surface area contributed by atoms with Crippen molar-refractivity contribution in [2.75, 3.05) is 13.7 Å². The average molecular weight is 410 g/mol. The maximum Gasteiger partial charge on any atom is 0.297 e. The molecule has 0 spiro atoms. The van der Waals surface area contributed by atoms with Crippen molar-refractivity contribution in [3.63, 3.8) is 0 Å². The van der Waals surface area contributed by atoms with Crippen LogP contribution in [-0.4, -0.2) is 46.8 Å². The summed E-state index contributed by atoms with van der Waals surface area (Å²) in [5.41, 5.74) is 1.84. The zero-order chi connectivity index (χ0) is 20.1. The number of hydrogen-bond donors (Lipinski definition) is 0. The van der Waals surface area contributed by atoms with E-state index in [0.29, 0.717) is 0 Å². The Balaban J connectivity index is 1.63. The van der Waals surface area contributed by atoms with Crippen LogP contribution in [0.5, 0.6) is 0 Å². The van der Waals surface area contributed by atoms with Crippen LogP contribution in [0.4, 0.5) is 4.39 Å². The summed E-state index contributed by atoms with van der Waals surface area (Å²) in [6.07, 6.45) is -5.28. The molecule has 0 aliphatic carbocycles. The number of ether oxygens (including phenoxy) is 3. The maximum atomic E-state index is 14.9. The molecule has 0 amide bonds. The van der Waals surface area contributed by atoms with Gasteiger partial charge in [0.15, 0.2) is 18.6 Å². The Morgan fingerprint density at radius 3 is 2.39 bits per heavy atom. The van der Waals surface area contributed by atoms with Gasteiger partial charge in [0.2, 0.25) is 0 Å². The molecule has 4 atom stereocenters. The molecule has 1 aliphatic heterocycles. The van der Waals surface area contributed by atoms with Crippen LogP contribution in [0, 0.1) is 6.92 Å². The molecule has 1 saturated heterocycles. The standard InChI is InChI=1S/C20H23FO6S/c1-14-8-10-16(11-9-14)28(22,23)27-19-18(21)17(26-20(19)24-2)13-25-12-15-6-4-3-5-7-15/h3-11,17-20H,12-13H2,1-2H3. The van der Waals surface area contributed by atoms with E-state index in [0.717, 1.165) is 11.1 Å². The number of rotatable bonds is 8. The molecule has 0 aromatic heterocycles. The summed E-state index contributed by atoms with van der Waals surface area (Å²) < 4.78 is 61.0. The predicted molar refractivity (Wildman–Crippen MR) is 99.9 cm³/mol. The summed E-state index contributed by atoms with van der Waals surface area (Å²) in [5.74, 6) is 0. The highest BCUT2D eigenvalue weighted by atomic mass is 32.2. The fraction of sp³-hybridized carbons (Fsp3) is 0.400. The SMILES string of the molecule is COC1OC(COCc2ccccc2)C(F)C1OS(=O)(=O)c1ccc(C)cc1. The van der Waals surface area contributed by atoms with Crippen molar-refractivity contribution in [2.45, 2.75) is 43.1 Å². The fourth-order valence-electron chi connectivity index (χ4n) is 2.88. The normalized spacial score (nSPS) is 25.1. The van der Waals surface area contributed by atoms with E-state index in [2.05, 4.69) is 0 Å². The second kappa shape index (κ2) is 9.11. The second-order valence-electron chi connectivity index (χ2n) is 6.55. The number of aryl methyl sites for hydroxylation is 1. The minimum Gasteiger partial charge on any atom is -0.374 e. The third-order valence-electron chi connectivity index (χ3n) is 4.42. The Morgan fingerprint density at radius 2 is 1.75 bits per heavy atom. The van der Waals surface area contributed by atoms with Crippen LogP contribution < -0.4 is 0 Å². The smallest absolute Gasteiger partial charge is 0.297 e. The van der Waals surface area contributed by atoms with E-state index in [9.17, 15) is 12.8 Å². The minimum atomic E-state index is -4.16. The maximum absolute atomic E-state index is 14.9. The van der Waals surface area contributed by atoms with Crippen LogP contribution in [0.25, 0.3) is 0 Å². The summed E-state index contributed by atoms with van der Waals surface area (Å²) in [5, 5.41) is 0. The van der Waals surface area contributed by atoms with E-state index in [1.54, 1.807) is 12.1 Å². The van der Waals surface area contributed by atoms with E-state index in [1.165, 1.54) is 19.2 Å². The first-order valence-electron chi connectivity index (χ1n) is 8.84. The van der Waals surface area contributed by atoms with Crippen molar-refractivity contribution < 1.29 is 31.2 Å². The third-order valence-corrected chi connectivity index (χ3v) is 5.74. The van der Waals surface area contributed by atoms with Gasteiger partial charge < -0.3 is 14.2 Å². The number of methoxy groups -OCH3 is 1. The van der Waals surface area contributed by atoms with Crippen molar-refractivity contribution in [2.24, 2.45) is 0 Å². The molecule has 4 unspecified atom stereocenters. The number of halogens is 1. The molecule has 152 valence electrons. The number of alkyl halides is 1. The van der Waals surface area contributed by atoms with Crippen LogP contribution in [-0.2, 0) is 35.1 Å². The van der Waals surface area contributed by atoms with E-state index in [-0.39, 0.29) is 18.1 Å². The van der Waals surface area contributed by atoms with Gasteiger partial charge in [-0.2, -0.15) is 8.42 Å². The molecule has 1 heterocycles. The van der Waals surface area contributed by atoms with Crippen molar-refractivity contribution in [3.05, 3.63) is 65.7 Å². The molecule has 0 saturated carbocycles. The fourth-order valence-corrected chi connectivity index (χ4v) is 3.95. The van der Waals surface area contributed by atoms with Crippen LogP contribution in [0.2, 0.25) is 0 Å². The zero-order valence-corrected chi connectivity index (χ0v) is 16.5. The number of benzene rings is 2. The largest absolute Gasteiger partial charge is 0.374 e. The van der Waals surface area contributed by atoms with Crippen molar-refractivity contribution in [1.29, 1.82) is 0 Å². The van der Waals surface area contributed by atoms with Crippen molar-refractivity contribution in [1.82, 2.24) is 0 Å². The van der Waals surface area contributed by atoms with E-state index >= 15 is 0 Å². The van der Waals surface area contributed by atoms with E-state index < -0.39 is 34.8 Å². The molecule has 2 aromatic carbocycles. The van der Waals surface area contributed by atoms with Crippen LogP contribution >= 0.6 is 0 Å². The first-order valence-corrected chi connectivity index (χ1v) is 10.3. The van der Waals surface area contributed by atoms with Gasteiger partial charge in [0.1, 0.15) is 6.10 Å². The Bertz CT molecular complexity index is 856. The van der Waals surface area contributed by atoms with Gasteiger partial charge in [-0.1, -0.05) is 48.0 Å². The third kappa shape index (κ3) is 4.95. The van der Waals surface area contributed by atoms with Crippen molar-refractivity contribution >= 4 is 10.1 Å². The van der Waals surface area contributed by atoms with Crippen LogP contribution in [0.1, 0.15) is 11.1 Å². The summed E-state index contributed by atoms with van der Waals surface area (Å²) >= 11 is 0. The molecule has 0 radical (unpaired) electrons. The lowest BCUT2D eigenvalue weighted by Crippen LogP contribution is -2.36.